The van der Waals surface area contributed by atoms with Crippen LogP contribution in [0.1, 0.15) is 26.7 Å². The Balaban J connectivity index is 2.11. The maximum absolute atomic E-state index is 9.13. The first-order valence-corrected chi connectivity index (χ1v) is 5.51. The van der Waals surface area contributed by atoms with Crippen molar-refractivity contribution in [2.24, 2.45) is 17.8 Å². The van der Waals surface area contributed by atoms with Gasteiger partial charge in [-0.3, -0.25) is 0 Å². The van der Waals surface area contributed by atoms with Crippen LogP contribution in [-0.4, -0.2) is 12.2 Å². The summed E-state index contributed by atoms with van der Waals surface area (Å²) in [5.74, 6) is 1.12. The highest BCUT2D eigenvalue weighted by Gasteiger charge is 2.46. The van der Waals surface area contributed by atoms with Crippen molar-refractivity contribution in [3.8, 4) is 6.07 Å². The van der Waals surface area contributed by atoms with E-state index in [1.54, 1.807) is 0 Å². The fourth-order valence-electron chi connectivity index (χ4n) is 2.78. The first kappa shape index (κ1) is 9.73. The van der Waals surface area contributed by atoms with Crippen LogP contribution in [0.5, 0.6) is 0 Å². The van der Waals surface area contributed by atoms with Gasteiger partial charge in [-0.25, -0.2) is 0 Å². The van der Waals surface area contributed by atoms with E-state index in [2.05, 4.69) is 32.1 Å². The van der Waals surface area contributed by atoms with Crippen LogP contribution >= 0.6 is 0 Å². The lowest BCUT2D eigenvalue weighted by Crippen LogP contribution is -2.28. The minimum Gasteiger partial charge on any atom is -0.366 e. The monoisotopic (exact) mass is 191 g/mol. The molecule has 14 heavy (non-hydrogen) atoms. The van der Waals surface area contributed by atoms with E-state index in [1.807, 2.05) is 0 Å². The van der Waals surface area contributed by atoms with Crippen molar-refractivity contribution < 1.29 is 4.74 Å². The fourth-order valence-corrected chi connectivity index (χ4v) is 2.78. The summed E-state index contributed by atoms with van der Waals surface area (Å²) in [6.45, 7) is 4.34. The van der Waals surface area contributed by atoms with Crippen LogP contribution in [0.25, 0.3) is 0 Å². The van der Waals surface area contributed by atoms with Gasteiger partial charge in [-0.1, -0.05) is 32.4 Å². The Morgan fingerprint density at radius 1 is 1.43 bits per heavy atom. The van der Waals surface area contributed by atoms with Gasteiger partial charge < -0.3 is 4.74 Å². The summed E-state index contributed by atoms with van der Waals surface area (Å²) in [4.78, 5) is 0. The van der Waals surface area contributed by atoms with Crippen LogP contribution < -0.4 is 0 Å². The molecule has 0 aromatic heterocycles. The highest BCUT2D eigenvalue weighted by atomic mass is 16.5. The quantitative estimate of drug-likeness (QED) is 0.642. The molecule has 1 fully saturated rings. The maximum atomic E-state index is 9.13. The zero-order valence-electron chi connectivity index (χ0n) is 8.81. The van der Waals surface area contributed by atoms with Crippen LogP contribution in [0.3, 0.4) is 0 Å². The Hall–Kier alpha value is -0.810. The van der Waals surface area contributed by atoms with E-state index < -0.39 is 0 Å². The van der Waals surface area contributed by atoms with Crippen LogP contribution in [0.4, 0.5) is 0 Å². The number of nitriles is 1. The van der Waals surface area contributed by atoms with Gasteiger partial charge in [0.25, 0.3) is 0 Å². The standard InChI is InChI=1S/C12H17NO/c1-3-4-9(7-13)12-8(2)10-5-6-11(12)14-10/h5-6,8-12H,3-4H2,1-2H3. The average molecular weight is 191 g/mol. The molecular formula is C12H17NO. The van der Waals surface area contributed by atoms with E-state index >= 15 is 0 Å². The van der Waals surface area contributed by atoms with Crippen molar-refractivity contribution in [1.82, 2.24) is 0 Å². The van der Waals surface area contributed by atoms with Crippen molar-refractivity contribution in [3.63, 3.8) is 0 Å². The van der Waals surface area contributed by atoms with Gasteiger partial charge in [-0.2, -0.15) is 5.26 Å². The summed E-state index contributed by atoms with van der Waals surface area (Å²) in [7, 11) is 0. The number of rotatable bonds is 3. The fraction of sp³-hybridized carbons (Fsp3) is 0.750. The zero-order chi connectivity index (χ0) is 10.1. The van der Waals surface area contributed by atoms with Crippen molar-refractivity contribution in [2.75, 3.05) is 0 Å². The van der Waals surface area contributed by atoms with Gasteiger partial charge >= 0.3 is 0 Å². The van der Waals surface area contributed by atoms with Crippen molar-refractivity contribution in [2.45, 2.75) is 38.9 Å². The largest absolute Gasteiger partial charge is 0.366 e. The number of hydrogen-bond donors (Lipinski definition) is 0. The summed E-state index contributed by atoms with van der Waals surface area (Å²) in [6, 6.07) is 2.45. The Labute approximate surface area is 85.6 Å². The van der Waals surface area contributed by atoms with Gasteiger partial charge in [0.1, 0.15) is 0 Å². The van der Waals surface area contributed by atoms with Gasteiger partial charge in [-0.15, -0.1) is 0 Å². The molecule has 0 aromatic carbocycles. The molecule has 1 saturated heterocycles. The lowest BCUT2D eigenvalue weighted by molar-refractivity contribution is 0.0993. The molecule has 5 atom stereocenters. The molecule has 0 saturated carbocycles. The first-order chi connectivity index (χ1) is 6.77. The highest BCUT2D eigenvalue weighted by molar-refractivity contribution is 5.16. The number of fused-ring (bicyclic) bond motifs is 2. The van der Waals surface area contributed by atoms with Crippen LogP contribution in [-0.2, 0) is 4.74 Å². The summed E-state index contributed by atoms with van der Waals surface area (Å²) in [5, 5.41) is 9.13. The molecule has 0 aromatic rings. The Bertz CT molecular complexity index is 279. The second kappa shape index (κ2) is 3.74. The normalized spacial score (nSPS) is 41.2. The topological polar surface area (TPSA) is 33.0 Å². The van der Waals surface area contributed by atoms with Crippen LogP contribution in [0.15, 0.2) is 12.2 Å². The molecule has 76 valence electrons. The molecule has 0 amide bonds. The number of ether oxygens (including phenoxy) is 1. The van der Waals surface area contributed by atoms with E-state index in [1.165, 1.54) is 0 Å². The summed E-state index contributed by atoms with van der Waals surface area (Å²) in [6.07, 6.45) is 6.86. The molecule has 2 aliphatic heterocycles. The van der Waals surface area contributed by atoms with Gasteiger partial charge in [0.05, 0.1) is 24.2 Å². The lowest BCUT2D eigenvalue weighted by atomic mass is 9.75. The Morgan fingerprint density at radius 2 is 2.14 bits per heavy atom. The Kier molecular flexibility index (Phi) is 2.60. The predicted molar refractivity (Wildman–Crippen MR) is 54.5 cm³/mol. The van der Waals surface area contributed by atoms with Crippen molar-refractivity contribution >= 4 is 0 Å². The molecule has 0 aliphatic carbocycles. The molecular weight excluding hydrogens is 174 g/mol. The molecule has 2 aliphatic rings. The van der Waals surface area contributed by atoms with Gasteiger partial charge in [0.2, 0.25) is 0 Å². The highest BCUT2D eigenvalue weighted by Crippen LogP contribution is 2.43. The third-order valence-electron chi connectivity index (χ3n) is 3.54. The molecule has 0 N–H and O–H groups in total. The van der Waals surface area contributed by atoms with E-state index in [-0.39, 0.29) is 18.1 Å². The van der Waals surface area contributed by atoms with Gasteiger partial charge in [0.15, 0.2) is 0 Å². The maximum Gasteiger partial charge on any atom is 0.0809 e. The molecule has 5 unspecified atom stereocenters. The van der Waals surface area contributed by atoms with Crippen LogP contribution in [0, 0.1) is 29.1 Å². The second-order valence-corrected chi connectivity index (χ2v) is 4.41. The SMILES string of the molecule is CCCC(C#N)C1C2C=CC(O2)C1C. The zero-order valence-corrected chi connectivity index (χ0v) is 8.81. The van der Waals surface area contributed by atoms with Gasteiger partial charge in [-0.05, 0) is 12.3 Å². The molecule has 0 spiro atoms. The second-order valence-electron chi connectivity index (χ2n) is 4.41. The number of hydrogen-bond acceptors (Lipinski definition) is 2. The summed E-state index contributed by atoms with van der Waals surface area (Å²) >= 11 is 0. The van der Waals surface area contributed by atoms with Crippen LogP contribution in [0.2, 0.25) is 0 Å². The molecule has 2 nitrogen and oxygen atoms in total. The van der Waals surface area contributed by atoms with Gasteiger partial charge in [0, 0.05) is 5.92 Å². The summed E-state index contributed by atoms with van der Waals surface area (Å²) < 4.78 is 5.76. The Morgan fingerprint density at radius 3 is 2.64 bits per heavy atom. The smallest absolute Gasteiger partial charge is 0.0809 e. The van der Waals surface area contributed by atoms with E-state index in [4.69, 9.17) is 10.00 Å². The third kappa shape index (κ3) is 1.36. The van der Waals surface area contributed by atoms with E-state index in [0.717, 1.165) is 12.8 Å². The van der Waals surface area contributed by atoms with Crippen molar-refractivity contribution in [3.05, 3.63) is 12.2 Å². The molecule has 2 rings (SSSR count). The molecule has 2 bridgehead atoms. The molecule has 0 radical (unpaired) electrons. The lowest BCUT2D eigenvalue weighted by Gasteiger charge is -2.25. The van der Waals surface area contributed by atoms with Crippen molar-refractivity contribution in [1.29, 1.82) is 5.26 Å². The molecule has 2 heterocycles. The minimum atomic E-state index is 0.176. The van der Waals surface area contributed by atoms with E-state index in [0.29, 0.717) is 11.8 Å². The predicted octanol–water partition coefficient (Wildman–Crippen LogP) is 2.52. The summed E-state index contributed by atoms with van der Waals surface area (Å²) in [5.41, 5.74) is 0. The first-order valence-electron chi connectivity index (χ1n) is 5.51. The third-order valence-corrected chi connectivity index (χ3v) is 3.54. The molecule has 2 heteroatoms. The van der Waals surface area contributed by atoms with E-state index in [9.17, 15) is 0 Å². The minimum absolute atomic E-state index is 0.176. The average Bonchev–Trinajstić information content (AvgIpc) is 2.75. The number of nitrogens with zero attached hydrogens (tertiary/aromatic N) is 1.